The van der Waals surface area contributed by atoms with Crippen LogP contribution in [0.5, 0.6) is 0 Å². The van der Waals surface area contributed by atoms with Crippen LogP contribution in [-0.4, -0.2) is 41.4 Å². The number of anilines is 1. The van der Waals surface area contributed by atoms with Crippen molar-refractivity contribution < 1.29 is 9.35 Å². The number of nitrogens with one attached hydrogen (secondary N) is 2. The second kappa shape index (κ2) is 10.9. The number of aromatic nitrogens is 5. The number of carbonyl (C=O) groups is 1. The van der Waals surface area contributed by atoms with Crippen LogP contribution >= 0.6 is 0 Å². The van der Waals surface area contributed by atoms with Gasteiger partial charge in [-0.2, -0.15) is 0 Å². The number of nitrogens with zero attached hydrogens (tertiary/aromatic N) is 5. The van der Waals surface area contributed by atoms with Crippen molar-refractivity contribution in [2.45, 2.75) is 18.8 Å². The standard InChI is InChI=1S/C24H25N7O2S/c1-31-22(29-30-23(31)21-10-11-25-16-28-21)14-26-20-5-3-4-19(12-20)24(32)27-13-17-6-8-18(9-7-17)15-34(2)33/h3-12,16,26H,13-15H2,1-2H3,(H,27,32). The Morgan fingerprint density at radius 2 is 1.85 bits per heavy atom. The molecule has 0 aliphatic rings. The molecule has 0 bridgehead atoms. The summed E-state index contributed by atoms with van der Waals surface area (Å²) in [6.45, 7) is 0.852. The van der Waals surface area contributed by atoms with E-state index in [2.05, 4.69) is 30.8 Å². The number of hydrogen-bond acceptors (Lipinski definition) is 7. The summed E-state index contributed by atoms with van der Waals surface area (Å²) in [5.74, 6) is 1.76. The maximum atomic E-state index is 12.7. The highest BCUT2D eigenvalue weighted by Gasteiger charge is 2.12. The fourth-order valence-corrected chi connectivity index (χ4v) is 4.05. The van der Waals surface area contributed by atoms with Crippen LogP contribution in [0.2, 0.25) is 0 Å². The van der Waals surface area contributed by atoms with E-state index in [1.165, 1.54) is 6.33 Å². The Kier molecular flexibility index (Phi) is 7.51. The van der Waals surface area contributed by atoms with Gasteiger partial charge >= 0.3 is 0 Å². The highest BCUT2D eigenvalue weighted by atomic mass is 32.2. The molecule has 0 aliphatic heterocycles. The molecule has 9 nitrogen and oxygen atoms in total. The molecular weight excluding hydrogens is 450 g/mol. The van der Waals surface area contributed by atoms with E-state index in [9.17, 15) is 9.35 Å². The lowest BCUT2D eigenvalue weighted by molar-refractivity contribution is 0.0951. The maximum absolute atomic E-state index is 12.7. The fourth-order valence-electron chi connectivity index (χ4n) is 3.39. The predicted molar refractivity (Wildman–Crippen MR) is 131 cm³/mol. The molecule has 4 rings (SSSR count). The summed E-state index contributed by atoms with van der Waals surface area (Å²) in [5.41, 5.74) is 4.06. The maximum Gasteiger partial charge on any atom is 0.251 e. The molecule has 1 atom stereocenters. The van der Waals surface area contributed by atoms with Gasteiger partial charge in [0.15, 0.2) is 11.6 Å². The van der Waals surface area contributed by atoms with Crippen molar-refractivity contribution in [2.24, 2.45) is 7.05 Å². The van der Waals surface area contributed by atoms with Crippen LogP contribution in [-0.2, 0) is 37.1 Å². The number of hydrogen-bond donors (Lipinski definition) is 2. The van der Waals surface area contributed by atoms with Crippen LogP contribution in [0.25, 0.3) is 11.5 Å². The van der Waals surface area contributed by atoms with Gasteiger partial charge < -0.3 is 19.8 Å². The molecular formula is C24H25N7O2S. The van der Waals surface area contributed by atoms with Crippen molar-refractivity contribution in [3.8, 4) is 11.5 Å². The molecule has 0 saturated carbocycles. The van der Waals surface area contributed by atoms with E-state index in [1.807, 2.05) is 48.0 Å². The van der Waals surface area contributed by atoms with Crippen molar-refractivity contribution in [2.75, 3.05) is 11.6 Å². The largest absolute Gasteiger partial charge is 0.616 e. The predicted octanol–water partition coefficient (Wildman–Crippen LogP) is 2.69. The minimum Gasteiger partial charge on any atom is -0.616 e. The zero-order valence-electron chi connectivity index (χ0n) is 18.9. The highest BCUT2D eigenvalue weighted by Crippen LogP contribution is 2.16. The molecule has 2 heterocycles. The van der Waals surface area contributed by atoms with Gasteiger partial charge in [0.1, 0.15) is 17.8 Å². The number of amides is 1. The van der Waals surface area contributed by atoms with E-state index >= 15 is 0 Å². The summed E-state index contributed by atoms with van der Waals surface area (Å²) in [6, 6.07) is 16.9. The van der Waals surface area contributed by atoms with Crippen LogP contribution in [0.3, 0.4) is 0 Å². The molecule has 10 heteroatoms. The first-order valence-corrected chi connectivity index (χ1v) is 12.4. The Morgan fingerprint density at radius 3 is 2.59 bits per heavy atom. The second-order valence-corrected chi connectivity index (χ2v) is 9.18. The quantitative estimate of drug-likeness (QED) is 0.357. The number of benzene rings is 2. The van der Waals surface area contributed by atoms with Crippen LogP contribution in [0.15, 0.2) is 67.1 Å². The zero-order valence-corrected chi connectivity index (χ0v) is 19.7. The molecule has 2 aromatic heterocycles. The average Bonchev–Trinajstić information content (AvgIpc) is 3.22. The van der Waals surface area contributed by atoms with Crippen molar-refractivity contribution in [3.05, 3.63) is 89.6 Å². The second-order valence-electron chi connectivity index (χ2n) is 7.74. The lowest BCUT2D eigenvalue weighted by atomic mass is 10.1. The minimum atomic E-state index is -0.874. The molecule has 0 aliphatic carbocycles. The topological polar surface area (TPSA) is 121 Å². The Balaban J connectivity index is 1.34. The van der Waals surface area contributed by atoms with E-state index in [4.69, 9.17) is 0 Å². The van der Waals surface area contributed by atoms with E-state index < -0.39 is 11.2 Å². The van der Waals surface area contributed by atoms with Gasteiger partial charge in [0, 0.05) is 36.6 Å². The monoisotopic (exact) mass is 475 g/mol. The fraction of sp³-hybridized carbons (Fsp3) is 0.208. The van der Waals surface area contributed by atoms with Gasteiger partial charge in [-0.05, 0) is 29.8 Å². The van der Waals surface area contributed by atoms with Crippen molar-refractivity contribution in [1.82, 2.24) is 30.0 Å². The molecule has 34 heavy (non-hydrogen) atoms. The van der Waals surface area contributed by atoms with Crippen LogP contribution in [0.4, 0.5) is 5.69 Å². The Bertz CT molecular complexity index is 1240. The molecule has 1 amide bonds. The van der Waals surface area contributed by atoms with Crippen LogP contribution in [0.1, 0.15) is 27.3 Å². The third-order valence-corrected chi connectivity index (χ3v) is 5.94. The molecule has 0 saturated heterocycles. The summed E-state index contributed by atoms with van der Waals surface area (Å²) < 4.78 is 13.2. The van der Waals surface area contributed by atoms with Gasteiger partial charge in [-0.1, -0.05) is 41.5 Å². The lowest BCUT2D eigenvalue weighted by Crippen LogP contribution is -2.22. The summed E-state index contributed by atoms with van der Waals surface area (Å²) in [4.78, 5) is 20.8. The first-order valence-electron chi connectivity index (χ1n) is 10.6. The molecule has 0 radical (unpaired) electrons. The molecule has 174 valence electrons. The normalized spacial score (nSPS) is 11.7. The zero-order chi connectivity index (χ0) is 23.9. The molecule has 2 aromatic carbocycles. The molecule has 4 aromatic rings. The summed E-state index contributed by atoms with van der Waals surface area (Å²) >= 11 is -0.874. The SMILES string of the molecule is Cn1c(CNc2cccc(C(=O)NCc3ccc(C[S+](C)[O-])cc3)c2)nnc1-c1ccncn1. The first kappa shape index (κ1) is 23.4. The summed E-state index contributed by atoms with van der Waals surface area (Å²) in [7, 11) is 1.88. The highest BCUT2D eigenvalue weighted by molar-refractivity contribution is 7.89. The minimum absolute atomic E-state index is 0.160. The lowest BCUT2D eigenvalue weighted by Gasteiger charge is -2.10. The third-order valence-electron chi connectivity index (χ3n) is 5.20. The third kappa shape index (κ3) is 5.97. The Hall–Kier alpha value is -3.76. The van der Waals surface area contributed by atoms with E-state index in [0.29, 0.717) is 35.9 Å². The smallest absolute Gasteiger partial charge is 0.251 e. The first-order chi connectivity index (χ1) is 16.5. The van der Waals surface area contributed by atoms with Crippen molar-refractivity contribution >= 4 is 22.8 Å². The summed E-state index contributed by atoms with van der Waals surface area (Å²) in [6.07, 6.45) is 4.82. The van der Waals surface area contributed by atoms with Crippen molar-refractivity contribution in [3.63, 3.8) is 0 Å². The average molecular weight is 476 g/mol. The van der Waals surface area contributed by atoms with Gasteiger partial charge in [0.25, 0.3) is 5.91 Å². The molecule has 0 fully saturated rings. The van der Waals surface area contributed by atoms with Gasteiger partial charge in [0.05, 0.1) is 12.8 Å². The van der Waals surface area contributed by atoms with E-state index in [0.717, 1.165) is 22.6 Å². The number of rotatable bonds is 9. The Morgan fingerprint density at radius 1 is 1.06 bits per heavy atom. The number of carbonyl (C=O) groups excluding carboxylic acids is 1. The molecule has 2 N–H and O–H groups in total. The summed E-state index contributed by atoms with van der Waals surface area (Å²) in [5, 5.41) is 14.7. The molecule has 1 unspecified atom stereocenters. The van der Waals surface area contributed by atoms with Gasteiger partial charge in [-0.25, -0.2) is 9.97 Å². The van der Waals surface area contributed by atoms with E-state index in [1.54, 1.807) is 30.7 Å². The van der Waals surface area contributed by atoms with E-state index in [-0.39, 0.29) is 5.91 Å². The van der Waals surface area contributed by atoms with Gasteiger partial charge in [-0.3, -0.25) is 4.79 Å². The molecule has 0 spiro atoms. The Labute approximate surface area is 200 Å². The van der Waals surface area contributed by atoms with Crippen molar-refractivity contribution in [1.29, 1.82) is 0 Å². The van der Waals surface area contributed by atoms with Crippen LogP contribution in [0, 0.1) is 0 Å². The van der Waals surface area contributed by atoms with Crippen LogP contribution < -0.4 is 10.6 Å². The van der Waals surface area contributed by atoms with Gasteiger partial charge in [-0.15, -0.1) is 10.2 Å². The van der Waals surface area contributed by atoms with Gasteiger partial charge in [0.2, 0.25) is 0 Å².